The highest BCUT2D eigenvalue weighted by Crippen LogP contribution is 2.18. The van der Waals surface area contributed by atoms with Gasteiger partial charge >= 0.3 is 0 Å². The number of anilines is 1. The second kappa shape index (κ2) is 6.17. The van der Waals surface area contributed by atoms with Crippen molar-refractivity contribution in [2.24, 2.45) is 0 Å². The third-order valence-corrected chi connectivity index (χ3v) is 3.48. The van der Waals surface area contributed by atoms with Crippen LogP contribution in [0.2, 0.25) is 0 Å². The van der Waals surface area contributed by atoms with Gasteiger partial charge < -0.3 is 5.32 Å². The van der Waals surface area contributed by atoms with E-state index in [4.69, 9.17) is 0 Å². The lowest BCUT2D eigenvalue weighted by molar-refractivity contribution is 0.240. The van der Waals surface area contributed by atoms with E-state index >= 15 is 0 Å². The van der Waals surface area contributed by atoms with Gasteiger partial charge in [-0.25, -0.2) is 0 Å². The van der Waals surface area contributed by atoms with Crippen LogP contribution in [0.4, 0.5) is 5.69 Å². The maximum Gasteiger partial charge on any atom is 0.0540 e. The molecule has 17 heavy (non-hydrogen) atoms. The molecule has 2 rings (SSSR count). The van der Waals surface area contributed by atoms with Crippen molar-refractivity contribution in [2.45, 2.75) is 18.9 Å². The van der Waals surface area contributed by atoms with E-state index in [-0.39, 0.29) is 0 Å². The summed E-state index contributed by atoms with van der Waals surface area (Å²) in [6.07, 6.45) is 8.02. The first-order chi connectivity index (χ1) is 8.28. The molecule has 1 aromatic heterocycles. The van der Waals surface area contributed by atoms with Crippen molar-refractivity contribution in [3.8, 4) is 0 Å². The fourth-order valence-corrected chi connectivity index (χ4v) is 2.53. The summed E-state index contributed by atoms with van der Waals surface area (Å²) in [6.45, 7) is 7.07. The van der Waals surface area contributed by atoms with Gasteiger partial charge in [-0.3, -0.25) is 9.88 Å². The summed E-state index contributed by atoms with van der Waals surface area (Å²) >= 11 is 3.44. The number of hydrogen-bond donors (Lipinski definition) is 1. The average Bonchev–Trinajstić information content (AvgIpc) is 2.32. The Morgan fingerprint density at radius 3 is 2.88 bits per heavy atom. The Bertz CT molecular complexity index is 373. The molecule has 0 spiro atoms. The number of aromatic nitrogens is 1. The summed E-state index contributed by atoms with van der Waals surface area (Å²) < 4.78 is 1.02. The van der Waals surface area contributed by atoms with E-state index in [1.807, 2.05) is 12.3 Å². The predicted molar refractivity (Wildman–Crippen MR) is 75.2 cm³/mol. The second-order valence-corrected chi connectivity index (χ2v) is 5.32. The van der Waals surface area contributed by atoms with Gasteiger partial charge in [-0.2, -0.15) is 0 Å². The van der Waals surface area contributed by atoms with Crippen molar-refractivity contribution in [3.05, 3.63) is 35.6 Å². The van der Waals surface area contributed by atoms with Crippen molar-refractivity contribution < 1.29 is 0 Å². The minimum atomic E-state index is 0.562. The molecule has 4 heteroatoms. The summed E-state index contributed by atoms with van der Waals surface area (Å²) in [4.78, 5) is 6.60. The Labute approximate surface area is 111 Å². The molecule has 0 aliphatic carbocycles. The maximum atomic E-state index is 4.16. The van der Waals surface area contributed by atoms with Gasteiger partial charge in [0.25, 0.3) is 0 Å². The zero-order chi connectivity index (χ0) is 12.1. The van der Waals surface area contributed by atoms with Gasteiger partial charge in [0.1, 0.15) is 0 Å². The number of nitrogens with zero attached hydrogens (tertiary/aromatic N) is 2. The lowest BCUT2D eigenvalue weighted by Crippen LogP contribution is -2.39. The Morgan fingerprint density at radius 2 is 2.24 bits per heavy atom. The van der Waals surface area contributed by atoms with Crippen LogP contribution in [0.15, 0.2) is 35.6 Å². The molecule has 1 N–H and O–H groups in total. The Morgan fingerprint density at radius 1 is 1.47 bits per heavy atom. The number of piperidine rings is 1. The lowest BCUT2D eigenvalue weighted by Gasteiger charge is -2.32. The molecular weight excluding hydrogens is 278 g/mol. The normalized spacial score (nSPS) is 17.9. The van der Waals surface area contributed by atoms with Crippen molar-refractivity contribution >= 4 is 21.6 Å². The van der Waals surface area contributed by atoms with Crippen LogP contribution in [0.1, 0.15) is 12.8 Å². The van der Waals surface area contributed by atoms with Gasteiger partial charge in [-0.15, -0.1) is 6.58 Å². The number of nitrogens with one attached hydrogen (secondary N) is 1. The number of rotatable bonds is 4. The molecule has 0 atom stereocenters. The fraction of sp³-hybridized carbons (Fsp3) is 0.462. The molecule has 1 aromatic rings. The molecule has 92 valence electrons. The summed E-state index contributed by atoms with van der Waals surface area (Å²) in [7, 11) is 0. The second-order valence-electron chi connectivity index (χ2n) is 4.40. The smallest absolute Gasteiger partial charge is 0.0540 e. The fourth-order valence-electron chi connectivity index (χ4n) is 2.17. The number of hydrogen-bond acceptors (Lipinski definition) is 3. The van der Waals surface area contributed by atoms with E-state index in [1.54, 1.807) is 6.20 Å². The van der Waals surface area contributed by atoms with Crippen molar-refractivity contribution in [1.29, 1.82) is 0 Å². The third-order valence-electron chi connectivity index (χ3n) is 3.05. The standard InChI is InChI=1S/C13H18BrN3/c1-2-5-17-6-3-12(4-7-17)16-13-8-11(14)9-15-10-13/h2,8-10,12,16H,1,3-7H2. The van der Waals surface area contributed by atoms with Crippen LogP contribution >= 0.6 is 15.9 Å². The number of halogens is 1. The van der Waals surface area contributed by atoms with Crippen LogP contribution in [0.3, 0.4) is 0 Å². The van der Waals surface area contributed by atoms with Crippen LogP contribution in [0.5, 0.6) is 0 Å². The van der Waals surface area contributed by atoms with Crippen molar-refractivity contribution in [3.63, 3.8) is 0 Å². The summed E-state index contributed by atoms with van der Waals surface area (Å²) in [6, 6.07) is 2.63. The quantitative estimate of drug-likeness (QED) is 0.866. The first-order valence-corrected chi connectivity index (χ1v) is 6.77. The van der Waals surface area contributed by atoms with Gasteiger partial charge in [-0.05, 0) is 34.8 Å². The topological polar surface area (TPSA) is 28.2 Å². The van der Waals surface area contributed by atoms with Crippen molar-refractivity contribution in [1.82, 2.24) is 9.88 Å². The van der Waals surface area contributed by atoms with Gasteiger partial charge in [0, 0.05) is 36.3 Å². The van der Waals surface area contributed by atoms with Crippen LogP contribution in [-0.2, 0) is 0 Å². The monoisotopic (exact) mass is 295 g/mol. The van der Waals surface area contributed by atoms with Gasteiger partial charge in [0.15, 0.2) is 0 Å². The molecule has 0 amide bonds. The molecule has 0 unspecified atom stereocenters. The zero-order valence-electron chi connectivity index (χ0n) is 9.90. The van der Waals surface area contributed by atoms with Crippen LogP contribution in [0.25, 0.3) is 0 Å². The van der Waals surface area contributed by atoms with E-state index < -0.39 is 0 Å². The Balaban J connectivity index is 1.83. The Hall–Kier alpha value is -0.870. The third kappa shape index (κ3) is 3.82. The van der Waals surface area contributed by atoms with E-state index in [9.17, 15) is 0 Å². The molecule has 3 nitrogen and oxygen atoms in total. The molecule has 0 bridgehead atoms. The first-order valence-electron chi connectivity index (χ1n) is 5.98. The van der Waals surface area contributed by atoms with Crippen LogP contribution in [-0.4, -0.2) is 35.6 Å². The highest BCUT2D eigenvalue weighted by molar-refractivity contribution is 9.10. The Kier molecular flexibility index (Phi) is 4.57. The number of pyridine rings is 1. The highest BCUT2D eigenvalue weighted by atomic mass is 79.9. The summed E-state index contributed by atoms with van der Waals surface area (Å²) in [5.41, 5.74) is 1.10. The molecule has 1 aliphatic rings. The van der Waals surface area contributed by atoms with Gasteiger partial charge in [-0.1, -0.05) is 6.08 Å². The molecular formula is C13H18BrN3. The predicted octanol–water partition coefficient (Wildman–Crippen LogP) is 2.91. The van der Waals surface area contributed by atoms with E-state index in [0.29, 0.717) is 6.04 Å². The first kappa shape index (κ1) is 12.6. The maximum absolute atomic E-state index is 4.16. The minimum Gasteiger partial charge on any atom is -0.381 e. The molecule has 0 saturated carbocycles. The molecule has 1 aliphatic heterocycles. The summed E-state index contributed by atoms with van der Waals surface area (Å²) in [5.74, 6) is 0. The molecule has 0 aromatic carbocycles. The minimum absolute atomic E-state index is 0.562. The largest absolute Gasteiger partial charge is 0.381 e. The average molecular weight is 296 g/mol. The van der Waals surface area contributed by atoms with E-state index in [2.05, 4.69) is 43.8 Å². The molecule has 0 radical (unpaired) electrons. The van der Waals surface area contributed by atoms with E-state index in [0.717, 1.165) is 29.8 Å². The summed E-state index contributed by atoms with van der Waals surface area (Å²) in [5, 5.41) is 3.54. The zero-order valence-corrected chi connectivity index (χ0v) is 11.5. The molecule has 1 fully saturated rings. The highest BCUT2D eigenvalue weighted by Gasteiger charge is 2.17. The molecule has 2 heterocycles. The van der Waals surface area contributed by atoms with Gasteiger partial charge in [0.05, 0.1) is 11.9 Å². The van der Waals surface area contributed by atoms with Crippen LogP contribution in [0, 0.1) is 0 Å². The van der Waals surface area contributed by atoms with E-state index in [1.165, 1.54) is 12.8 Å². The van der Waals surface area contributed by atoms with Crippen LogP contribution < -0.4 is 5.32 Å². The SMILES string of the molecule is C=CCN1CCC(Nc2cncc(Br)c2)CC1. The molecule has 1 saturated heterocycles. The van der Waals surface area contributed by atoms with Gasteiger partial charge in [0.2, 0.25) is 0 Å². The van der Waals surface area contributed by atoms with Crippen molar-refractivity contribution in [2.75, 3.05) is 25.0 Å². The lowest BCUT2D eigenvalue weighted by atomic mass is 10.0. The number of likely N-dealkylation sites (tertiary alicyclic amines) is 1.